The standard InChI is InChI=1S/C6H5FO5/c1-3(5(8)9)11-4(2)6(10)12-7/h1-2H2,(H,8,9). The molecule has 66 valence electrons. The van der Waals surface area contributed by atoms with Crippen LogP contribution in [0.3, 0.4) is 0 Å². The Morgan fingerprint density at radius 3 is 2.08 bits per heavy atom. The smallest absolute Gasteiger partial charge is 0.413 e. The SMILES string of the molecule is C=C(OC(=C)C(=O)OF)C(=O)O. The first kappa shape index (κ1) is 10.2. The zero-order valence-corrected chi connectivity index (χ0v) is 5.87. The van der Waals surface area contributed by atoms with E-state index < -0.39 is 23.5 Å². The molecule has 0 aliphatic carbocycles. The van der Waals surface area contributed by atoms with Crippen molar-refractivity contribution in [2.45, 2.75) is 0 Å². The maximum absolute atomic E-state index is 11.1. The quantitative estimate of drug-likeness (QED) is 0.500. The molecular weight excluding hydrogens is 171 g/mol. The Balaban J connectivity index is 4.11. The number of hydrogen-bond acceptors (Lipinski definition) is 4. The van der Waals surface area contributed by atoms with Crippen LogP contribution in [0.2, 0.25) is 0 Å². The van der Waals surface area contributed by atoms with Crippen LogP contribution in [0.15, 0.2) is 24.7 Å². The molecule has 0 aromatic heterocycles. The predicted molar refractivity (Wildman–Crippen MR) is 34.2 cm³/mol. The van der Waals surface area contributed by atoms with Gasteiger partial charge in [-0.15, -0.1) is 0 Å². The number of aliphatic carboxylic acids is 1. The molecule has 5 nitrogen and oxygen atoms in total. The van der Waals surface area contributed by atoms with Crippen molar-refractivity contribution in [3.63, 3.8) is 0 Å². The van der Waals surface area contributed by atoms with Crippen molar-refractivity contribution in [1.82, 2.24) is 0 Å². The van der Waals surface area contributed by atoms with E-state index in [0.29, 0.717) is 0 Å². The zero-order chi connectivity index (χ0) is 9.72. The molecule has 0 bridgehead atoms. The van der Waals surface area contributed by atoms with Gasteiger partial charge in [-0.1, -0.05) is 0 Å². The number of carbonyl (C=O) groups is 2. The zero-order valence-electron chi connectivity index (χ0n) is 5.87. The number of ether oxygens (including phenoxy) is 1. The number of rotatable bonds is 4. The van der Waals surface area contributed by atoms with Gasteiger partial charge in [-0.3, -0.25) is 0 Å². The Morgan fingerprint density at radius 2 is 1.75 bits per heavy atom. The molecule has 0 aliphatic rings. The van der Waals surface area contributed by atoms with Crippen LogP contribution in [0, 0.1) is 0 Å². The normalized spacial score (nSPS) is 8.42. The van der Waals surface area contributed by atoms with E-state index in [1.165, 1.54) is 0 Å². The molecule has 0 atom stereocenters. The number of carbonyl (C=O) groups excluding carboxylic acids is 1. The van der Waals surface area contributed by atoms with Crippen LogP contribution >= 0.6 is 0 Å². The fraction of sp³-hybridized carbons (Fsp3) is 0. The summed E-state index contributed by atoms with van der Waals surface area (Å²) < 4.78 is 15.3. The molecule has 0 aliphatic heterocycles. The van der Waals surface area contributed by atoms with Crippen molar-refractivity contribution in [3.8, 4) is 0 Å². The lowest BCUT2D eigenvalue weighted by atomic mass is 10.5. The molecule has 0 aromatic rings. The van der Waals surface area contributed by atoms with Crippen LogP contribution in [0.1, 0.15) is 0 Å². The van der Waals surface area contributed by atoms with E-state index in [0.717, 1.165) is 0 Å². The molecule has 1 N–H and O–H groups in total. The third-order valence-corrected chi connectivity index (χ3v) is 0.783. The lowest BCUT2D eigenvalue weighted by molar-refractivity contribution is -0.181. The van der Waals surface area contributed by atoms with E-state index in [4.69, 9.17) is 5.11 Å². The van der Waals surface area contributed by atoms with Crippen molar-refractivity contribution in [2.75, 3.05) is 0 Å². The molecule has 6 heteroatoms. The van der Waals surface area contributed by atoms with Crippen LogP contribution in [0.4, 0.5) is 4.53 Å². The molecular formula is C6H5FO5. The molecule has 0 rings (SSSR count). The predicted octanol–water partition coefficient (Wildman–Crippen LogP) is 0.543. The van der Waals surface area contributed by atoms with Gasteiger partial charge < -0.3 is 9.84 Å². The summed E-state index contributed by atoms with van der Waals surface area (Å²) in [7, 11) is 0. The molecule has 0 aromatic carbocycles. The van der Waals surface area contributed by atoms with Gasteiger partial charge in [0.15, 0.2) is 0 Å². The van der Waals surface area contributed by atoms with Crippen LogP contribution in [-0.2, 0) is 19.3 Å². The lowest BCUT2D eigenvalue weighted by Crippen LogP contribution is -2.09. The molecule has 12 heavy (non-hydrogen) atoms. The van der Waals surface area contributed by atoms with Crippen molar-refractivity contribution in [3.05, 3.63) is 24.7 Å². The Bertz CT molecular complexity index is 244. The molecule has 0 radical (unpaired) electrons. The molecule has 0 spiro atoms. The number of halogens is 1. The third-order valence-electron chi connectivity index (χ3n) is 0.783. The van der Waals surface area contributed by atoms with Gasteiger partial charge in [-0.25, -0.2) is 14.5 Å². The summed E-state index contributed by atoms with van der Waals surface area (Å²) in [5.41, 5.74) is 0. The van der Waals surface area contributed by atoms with Crippen molar-refractivity contribution in [2.24, 2.45) is 0 Å². The Morgan fingerprint density at radius 1 is 1.25 bits per heavy atom. The summed E-state index contributed by atoms with van der Waals surface area (Å²) in [6.07, 6.45) is 0. The summed E-state index contributed by atoms with van der Waals surface area (Å²) in [4.78, 5) is 22.9. The highest BCUT2D eigenvalue weighted by Gasteiger charge is 2.15. The van der Waals surface area contributed by atoms with Crippen molar-refractivity contribution < 1.29 is 28.9 Å². The van der Waals surface area contributed by atoms with Gasteiger partial charge >= 0.3 is 11.9 Å². The highest BCUT2D eigenvalue weighted by molar-refractivity contribution is 5.88. The van der Waals surface area contributed by atoms with Crippen LogP contribution in [0.25, 0.3) is 0 Å². The van der Waals surface area contributed by atoms with Crippen LogP contribution in [0.5, 0.6) is 0 Å². The van der Waals surface area contributed by atoms with Gasteiger partial charge in [0.1, 0.15) is 0 Å². The molecule has 0 heterocycles. The van der Waals surface area contributed by atoms with Gasteiger partial charge in [0.2, 0.25) is 11.5 Å². The number of carboxylic acid groups (broad SMARTS) is 1. The van der Waals surface area contributed by atoms with E-state index >= 15 is 0 Å². The third kappa shape index (κ3) is 2.82. The summed E-state index contributed by atoms with van der Waals surface area (Å²) in [6.45, 7) is 5.78. The fourth-order valence-corrected chi connectivity index (χ4v) is 0.277. The van der Waals surface area contributed by atoms with E-state index in [-0.39, 0.29) is 0 Å². The maximum Gasteiger partial charge on any atom is 0.413 e. The lowest BCUT2D eigenvalue weighted by Gasteiger charge is -2.02. The average molecular weight is 176 g/mol. The van der Waals surface area contributed by atoms with Gasteiger partial charge in [0, 0.05) is 4.53 Å². The highest BCUT2D eigenvalue weighted by Crippen LogP contribution is 2.04. The Hall–Kier alpha value is -1.85. The molecule has 0 unspecified atom stereocenters. The van der Waals surface area contributed by atoms with Crippen molar-refractivity contribution >= 4 is 11.9 Å². The summed E-state index contributed by atoms with van der Waals surface area (Å²) in [6, 6.07) is 0. The maximum atomic E-state index is 11.1. The first-order chi connectivity index (χ1) is 5.49. The second-order valence-electron chi connectivity index (χ2n) is 1.62. The van der Waals surface area contributed by atoms with Gasteiger partial charge in [0.25, 0.3) is 0 Å². The monoisotopic (exact) mass is 176 g/mol. The summed E-state index contributed by atoms with van der Waals surface area (Å²) in [5, 5.41) is 8.17. The van der Waals surface area contributed by atoms with Gasteiger partial charge in [-0.05, 0) is 13.2 Å². The van der Waals surface area contributed by atoms with E-state index in [1.54, 1.807) is 0 Å². The summed E-state index contributed by atoms with van der Waals surface area (Å²) in [5.74, 6) is -4.52. The van der Waals surface area contributed by atoms with E-state index in [9.17, 15) is 14.1 Å². The molecule has 0 saturated heterocycles. The largest absolute Gasteiger partial charge is 0.475 e. The molecule has 0 amide bonds. The fourth-order valence-electron chi connectivity index (χ4n) is 0.277. The number of carboxylic acids is 1. The van der Waals surface area contributed by atoms with Gasteiger partial charge in [0.05, 0.1) is 0 Å². The van der Waals surface area contributed by atoms with E-state index in [1.807, 2.05) is 0 Å². The minimum Gasteiger partial charge on any atom is -0.475 e. The number of hydrogen-bond donors (Lipinski definition) is 1. The highest BCUT2D eigenvalue weighted by atomic mass is 19.3. The Labute approximate surface area is 66.6 Å². The first-order valence-corrected chi connectivity index (χ1v) is 2.61. The minimum atomic E-state index is -1.50. The second kappa shape index (κ2) is 4.12. The van der Waals surface area contributed by atoms with Crippen LogP contribution < -0.4 is 0 Å². The molecule has 0 fully saturated rings. The van der Waals surface area contributed by atoms with E-state index in [2.05, 4.69) is 22.8 Å². The average Bonchev–Trinajstić information content (AvgIpc) is 2.02. The van der Waals surface area contributed by atoms with Crippen LogP contribution in [-0.4, -0.2) is 17.0 Å². The van der Waals surface area contributed by atoms with Crippen molar-refractivity contribution in [1.29, 1.82) is 0 Å². The van der Waals surface area contributed by atoms with Gasteiger partial charge in [-0.2, -0.15) is 0 Å². The Kier molecular flexibility index (Phi) is 3.48. The first-order valence-electron chi connectivity index (χ1n) is 2.61. The minimum absolute atomic E-state index is 0.745. The second-order valence-corrected chi connectivity index (χ2v) is 1.62. The summed E-state index contributed by atoms with van der Waals surface area (Å²) >= 11 is 0. The molecule has 0 saturated carbocycles. The topological polar surface area (TPSA) is 72.8 Å².